The maximum Gasteiger partial charge on any atom is 0.0948 e. The molecule has 3 atom stereocenters. The van der Waals surface area contributed by atoms with E-state index in [0.717, 1.165) is 18.4 Å². The van der Waals surface area contributed by atoms with Crippen LogP contribution in [-0.4, -0.2) is 16.1 Å². The van der Waals surface area contributed by atoms with Gasteiger partial charge in [-0.1, -0.05) is 19.8 Å². The second-order valence-electron chi connectivity index (χ2n) is 6.26. The van der Waals surface area contributed by atoms with Crippen molar-refractivity contribution in [3.8, 4) is 0 Å². The predicted octanol–water partition coefficient (Wildman–Crippen LogP) is 3.13. The van der Waals surface area contributed by atoms with Gasteiger partial charge in [0.05, 0.1) is 12.0 Å². The average molecular weight is 247 g/mol. The lowest BCUT2D eigenvalue weighted by atomic mass is 9.82. The summed E-state index contributed by atoms with van der Waals surface area (Å²) in [5.74, 6) is 1.78. The zero-order chi connectivity index (χ0) is 12.4. The molecule has 3 nitrogen and oxygen atoms in total. The lowest BCUT2D eigenvalue weighted by Gasteiger charge is -2.28. The summed E-state index contributed by atoms with van der Waals surface area (Å²) in [7, 11) is 0. The van der Waals surface area contributed by atoms with E-state index in [1.165, 1.54) is 50.8 Å². The Balaban J connectivity index is 1.66. The summed E-state index contributed by atoms with van der Waals surface area (Å²) >= 11 is 0. The zero-order valence-electron chi connectivity index (χ0n) is 11.4. The van der Waals surface area contributed by atoms with Crippen LogP contribution in [0.2, 0.25) is 0 Å². The molecule has 0 bridgehead atoms. The van der Waals surface area contributed by atoms with E-state index >= 15 is 0 Å². The van der Waals surface area contributed by atoms with Crippen molar-refractivity contribution in [3.05, 3.63) is 18.2 Å². The Morgan fingerprint density at radius 2 is 2.28 bits per heavy atom. The molecule has 1 saturated heterocycles. The van der Waals surface area contributed by atoms with E-state index in [1.807, 2.05) is 6.33 Å². The lowest BCUT2D eigenvalue weighted by molar-refractivity contribution is 0.254. The molecule has 1 aromatic rings. The summed E-state index contributed by atoms with van der Waals surface area (Å²) in [6.07, 6.45) is 12.3. The van der Waals surface area contributed by atoms with Crippen LogP contribution in [0.5, 0.6) is 0 Å². The monoisotopic (exact) mass is 247 g/mol. The molecule has 0 spiro atoms. The summed E-state index contributed by atoms with van der Waals surface area (Å²) in [5, 5.41) is 3.58. The molecular formula is C15H25N3. The fourth-order valence-corrected chi connectivity index (χ4v) is 3.71. The van der Waals surface area contributed by atoms with Gasteiger partial charge in [-0.25, -0.2) is 4.98 Å². The van der Waals surface area contributed by atoms with Gasteiger partial charge in [0.25, 0.3) is 0 Å². The SMILES string of the molecule is CC1CCCC(Cn2cncc2C2CCCN2)C1. The number of aromatic nitrogens is 2. The van der Waals surface area contributed by atoms with Crippen LogP contribution in [0.3, 0.4) is 0 Å². The van der Waals surface area contributed by atoms with Gasteiger partial charge in [0.2, 0.25) is 0 Å². The van der Waals surface area contributed by atoms with E-state index in [1.54, 1.807) is 0 Å². The van der Waals surface area contributed by atoms with Crippen molar-refractivity contribution in [3.63, 3.8) is 0 Å². The number of hydrogen-bond acceptors (Lipinski definition) is 2. The molecule has 0 amide bonds. The standard InChI is InChI=1S/C15H25N3/c1-12-4-2-5-13(8-12)10-18-11-16-9-15(18)14-6-3-7-17-14/h9,11-14,17H,2-8,10H2,1H3. The fraction of sp³-hybridized carbons (Fsp3) is 0.800. The van der Waals surface area contributed by atoms with Gasteiger partial charge in [0, 0.05) is 18.8 Å². The molecule has 0 radical (unpaired) electrons. The van der Waals surface area contributed by atoms with Gasteiger partial charge in [-0.05, 0) is 44.1 Å². The molecule has 1 N–H and O–H groups in total. The first-order chi connectivity index (χ1) is 8.83. The van der Waals surface area contributed by atoms with Crippen molar-refractivity contribution in [2.45, 2.75) is 58.0 Å². The third kappa shape index (κ3) is 2.61. The van der Waals surface area contributed by atoms with Crippen LogP contribution in [-0.2, 0) is 6.54 Å². The van der Waals surface area contributed by atoms with Crippen molar-refractivity contribution >= 4 is 0 Å². The van der Waals surface area contributed by atoms with Crippen LogP contribution in [0.1, 0.15) is 57.2 Å². The molecule has 3 rings (SSSR count). The Bertz CT molecular complexity index is 379. The maximum absolute atomic E-state index is 4.37. The average Bonchev–Trinajstić information content (AvgIpc) is 2.98. The smallest absolute Gasteiger partial charge is 0.0948 e. The Kier molecular flexibility index (Phi) is 3.69. The van der Waals surface area contributed by atoms with E-state index in [2.05, 4.69) is 28.0 Å². The first kappa shape index (κ1) is 12.2. The highest BCUT2D eigenvalue weighted by Crippen LogP contribution is 2.31. The number of rotatable bonds is 3. The van der Waals surface area contributed by atoms with Crippen LogP contribution in [0, 0.1) is 11.8 Å². The topological polar surface area (TPSA) is 29.9 Å². The molecule has 1 aliphatic heterocycles. The molecule has 0 aromatic carbocycles. The van der Waals surface area contributed by atoms with E-state index in [0.29, 0.717) is 6.04 Å². The van der Waals surface area contributed by atoms with Crippen molar-refractivity contribution in [1.29, 1.82) is 0 Å². The van der Waals surface area contributed by atoms with E-state index in [9.17, 15) is 0 Å². The fourth-order valence-electron chi connectivity index (χ4n) is 3.71. The lowest BCUT2D eigenvalue weighted by Crippen LogP contribution is -2.22. The summed E-state index contributed by atoms with van der Waals surface area (Å²) in [6.45, 7) is 4.74. The highest BCUT2D eigenvalue weighted by molar-refractivity contribution is 5.07. The normalized spacial score (nSPS) is 32.8. The molecule has 1 aliphatic carbocycles. The summed E-state index contributed by atoms with van der Waals surface area (Å²) in [6, 6.07) is 0.550. The van der Waals surface area contributed by atoms with Gasteiger partial charge in [-0.15, -0.1) is 0 Å². The first-order valence-electron chi connectivity index (χ1n) is 7.56. The van der Waals surface area contributed by atoms with Crippen molar-refractivity contribution < 1.29 is 0 Å². The van der Waals surface area contributed by atoms with Crippen molar-refractivity contribution in [2.75, 3.05) is 6.54 Å². The van der Waals surface area contributed by atoms with Crippen LogP contribution in [0.25, 0.3) is 0 Å². The Labute approximate surface area is 110 Å². The minimum atomic E-state index is 0.550. The Hall–Kier alpha value is -0.830. The van der Waals surface area contributed by atoms with Crippen LogP contribution in [0.4, 0.5) is 0 Å². The van der Waals surface area contributed by atoms with Crippen LogP contribution < -0.4 is 5.32 Å². The Morgan fingerprint density at radius 3 is 3.06 bits per heavy atom. The second-order valence-corrected chi connectivity index (χ2v) is 6.26. The molecule has 1 saturated carbocycles. The number of nitrogens with zero attached hydrogens (tertiary/aromatic N) is 2. The molecule has 3 heteroatoms. The predicted molar refractivity (Wildman–Crippen MR) is 73.3 cm³/mol. The van der Waals surface area contributed by atoms with Crippen LogP contribution >= 0.6 is 0 Å². The van der Waals surface area contributed by atoms with Crippen molar-refractivity contribution in [1.82, 2.24) is 14.9 Å². The van der Waals surface area contributed by atoms with Gasteiger partial charge in [0.1, 0.15) is 0 Å². The van der Waals surface area contributed by atoms with E-state index in [-0.39, 0.29) is 0 Å². The molecule has 3 unspecified atom stereocenters. The third-order valence-electron chi connectivity index (χ3n) is 4.66. The molecule has 100 valence electrons. The summed E-state index contributed by atoms with van der Waals surface area (Å²) in [4.78, 5) is 4.37. The van der Waals surface area contributed by atoms with Gasteiger partial charge in [0.15, 0.2) is 0 Å². The van der Waals surface area contributed by atoms with Crippen LogP contribution in [0.15, 0.2) is 12.5 Å². The summed E-state index contributed by atoms with van der Waals surface area (Å²) < 4.78 is 2.41. The molecule has 1 aromatic heterocycles. The quantitative estimate of drug-likeness (QED) is 0.889. The number of imidazole rings is 1. The van der Waals surface area contributed by atoms with Gasteiger partial charge < -0.3 is 9.88 Å². The molecule has 2 aliphatic rings. The molecule has 18 heavy (non-hydrogen) atoms. The van der Waals surface area contributed by atoms with E-state index < -0.39 is 0 Å². The number of hydrogen-bond donors (Lipinski definition) is 1. The largest absolute Gasteiger partial charge is 0.333 e. The van der Waals surface area contributed by atoms with Gasteiger partial charge >= 0.3 is 0 Å². The van der Waals surface area contributed by atoms with E-state index in [4.69, 9.17) is 0 Å². The second kappa shape index (κ2) is 5.43. The minimum absolute atomic E-state index is 0.550. The van der Waals surface area contributed by atoms with Gasteiger partial charge in [-0.2, -0.15) is 0 Å². The molecular weight excluding hydrogens is 222 g/mol. The number of nitrogens with one attached hydrogen (secondary N) is 1. The highest BCUT2D eigenvalue weighted by atomic mass is 15.1. The summed E-state index contributed by atoms with van der Waals surface area (Å²) in [5.41, 5.74) is 1.41. The molecule has 2 fully saturated rings. The highest BCUT2D eigenvalue weighted by Gasteiger charge is 2.23. The Morgan fingerprint density at radius 1 is 1.33 bits per heavy atom. The first-order valence-corrected chi connectivity index (χ1v) is 7.56. The molecule has 2 heterocycles. The van der Waals surface area contributed by atoms with Crippen molar-refractivity contribution in [2.24, 2.45) is 11.8 Å². The zero-order valence-corrected chi connectivity index (χ0v) is 11.4. The van der Waals surface area contributed by atoms with Gasteiger partial charge in [-0.3, -0.25) is 0 Å². The third-order valence-corrected chi connectivity index (χ3v) is 4.66. The maximum atomic E-state index is 4.37. The minimum Gasteiger partial charge on any atom is -0.333 e.